The highest BCUT2D eigenvalue weighted by Crippen LogP contribution is 2.50. The number of benzene rings is 2. The number of carbonyl (C=O) groups is 2. The maximum absolute atomic E-state index is 14.5. The predicted octanol–water partition coefficient (Wildman–Crippen LogP) is 5.25. The van der Waals surface area contributed by atoms with Crippen LogP contribution in [0.25, 0.3) is 0 Å². The summed E-state index contributed by atoms with van der Waals surface area (Å²) in [5, 5.41) is 7.32. The molecule has 2 aliphatic carbocycles. The molecule has 0 saturated heterocycles. The number of rotatable bonds is 6. The second kappa shape index (κ2) is 8.14. The Morgan fingerprint density at radius 1 is 1.15 bits per heavy atom. The molecule has 1 aromatic heterocycles. The lowest BCUT2D eigenvalue weighted by molar-refractivity contribution is -0.118. The van der Waals surface area contributed by atoms with Gasteiger partial charge >= 0.3 is 5.97 Å². The first-order valence-electron chi connectivity index (χ1n) is 11.3. The maximum Gasteiger partial charge on any atom is 0.343 e. The zero-order valence-electron chi connectivity index (χ0n) is 18.7. The van der Waals surface area contributed by atoms with Crippen LogP contribution in [0.15, 0.2) is 48.7 Å². The number of hydrogen-bond acceptors (Lipinski definition) is 4. The Kier molecular flexibility index (Phi) is 5.27. The van der Waals surface area contributed by atoms with E-state index in [1.165, 1.54) is 12.5 Å². The van der Waals surface area contributed by atoms with Gasteiger partial charge in [-0.1, -0.05) is 18.2 Å². The second-order valence-corrected chi connectivity index (χ2v) is 9.13. The van der Waals surface area contributed by atoms with E-state index in [0.717, 1.165) is 18.4 Å². The van der Waals surface area contributed by atoms with Gasteiger partial charge in [-0.05, 0) is 75.8 Å². The lowest BCUT2D eigenvalue weighted by Crippen LogP contribution is -2.28. The molecule has 2 aromatic carbocycles. The molecule has 1 amide bonds. The average molecular weight is 448 g/mol. The van der Waals surface area contributed by atoms with E-state index in [1.54, 1.807) is 36.5 Å². The van der Waals surface area contributed by atoms with E-state index in [9.17, 15) is 14.0 Å². The lowest BCUT2D eigenvalue weighted by atomic mass is 9.93. The summed E-state index contributed by atoms with van der Waals surface area (Å²) in [5.74, 6) is -0.715. The van der Waals surface area contributed by atoms with Gasteiger partial charge in [-0.25, -0.2) is 9.18 Å². The standard InChI is InChI=1S/C26H26FN3O3/c1-16-9-10-21(22(27)13-16)26(11-12-26)25(32)28-19-6-3-5-18(14-19)24(31)33-23-15-30(29-17(23)2)20-7-4-8-20/h3,5-6,9-10,13-15,20H,4,7-8,11-12H2,1-2H3,(H,28,32). The number of amides is 1. The molecule has 170 valence electrons. The van der Waals surface area contributed by atoms with Crippen LogP contribution in [0.1, 0.15) is 65.3 Å². The van der Waals surface area contributed by atoms with Crippen LogP contribution < -0.4 is 10.1 Å². The molecule has 0 bridgehead atoms. The molecule has 0 unspecified atom stereocenters. The van der Waals surface area contributed by atoms with Crippen LogP contribution in [0.4, 0.5) is 10.1 Å². The van der Waals surface area contributed by atoms with Gasteiger partial charge in [0, 0.05) is 11.3 Å². The fourth-order valence-electron chi connectivity index (χ4n) is 4.29. The maximum atomic E-state index is 14.5. The Morgan fingerprint density at radius 3 is 2.61 bits per heavy atom. The highest BCUT2D eigenvalue weighted by Gasteiger charge is 2.52. The highest BCUT2D eigenvalue weighted by atomic mass is 19.1. The SMILES string of the molecule is Cc1ccc(C2(C(=O)Nc3cccc(C(=O)Oc4cn(C5CCC5)nc4C)c3)CC2)c(F)c1. The molecule has 0 aliphatic heterocycles. The van der Waals surface area contributed by atoms with Crippen molar-refractivity contribution in [1.29, 1.82) is 0 Å². The molecule has 33 heavy (non-hydrogen) atoms. The number of anilines is 1. The van der Waals surface area contributed by atoms with Gasteiger partial charge in [-0.2, -0.15) is 5.10 Å². The summed E-state index contributed by atoms with van der Waals surface area (Å²) >= 11 is 0. The number of halogens is 1. The van der Waals surface area contributed by atoms with Crippen LogP contribution in [0.5, 0.6) is 5.75 Å². The van der Waals surface area contributed by atoms with Crippen molar-refractivity contribution in [3.8, 4) is 5.75 Å². The van der Waals surface area contributed by atoms with Gasteiger partial charge in [-0.15, -0.1) is 0 Å². The Bertz CT molecular complexity index is 1240. The third kappa shape index (κ3) is 4.03. The number of esters is 1. The van der Waals surface area contributed by atoms with Crippen LogP contribution >= 0.6 is 0 Å². The van der Waals surface area contributed by atoms with E-state index in [-0.39, 0.29) is 11.7 Å². The van der Waals surface area contributed by atoms with Gasteiger partial charge in [-0.3, -0.25) is 9.48 Å². The van der Waals surface area contributed by atoms with E-state index in [0.29, 0.717) is 47.1 Å². The van der Waals surface area contributed by atoms with Crippen LogP contribution in [0, 0.1) is 19.7 Å². The molecule has 2 saturated carbocycles. The van der Waals surface area contributed by atoms with Gasteiger partial charge in [0.2, 0.25) is 5.91 Å². The molecule has 1 N–H and O–H groups in total. The summed E-state index contributed by atoms with van der Waals surface area (Å²) in [4.78, 5) is 25.8. The smallest absolute Gasteiger partial charge is 0.343 e. The van der Waals surface area contributed by atoms with Crippen molar-refractivity contribution >= 4 is 17.6 Å². The van der Waals surface area contributed by atoms with Crippen LogP contribution in [0.3, 0.4) is 0 Å². The number of nitrogens with zero attached hydrogens (tertiary/aromatic N) is 2. The van der Waals surface area contributed by atoms with Crippen LogP contribution in [-0.2, 0) is 10.2 Å². The molecule has 2 aliphatic rings. The first kappa shape index (κ1) is 21.4. The number of hydrogen-bond donors (Lipinski definition) is 1. The summed E-state index contributed by atoms with van der Waals surface area (Å²) in [5.41, 5.74) is 1.81. The van der Waals surface area contributed by atoms with E-state index in [4.69, 9.17) is 4.74 Å². The molecule has 5 rings (SSSR count). The average Bonchev–Trinajstić information content (AvgIpc) is 3.46. The van der Waals surface area contributed by atoms with Crippen LogP contribution in [0.2, 0.25) is 0 Å². The number of ether oxygens (including phenoxy) is 1. The summed E-state index contributed by atoms with van der Waals surface area (Å²) < 4.78 is 22.0. The molecular formula is C26H26FN3O3. The molecule has 7 heteroatoms. The van der Waals surface area contributed by atoms with Crippen molar-refractivity contribution < 1.29 is 18.7 Å². The Balaban J connectivity index is 1.30. The highest BCUT2D eigenvalue weighted by molar-refractivity contribution is 6.02. The van der Waals surface area contributed by atoms with Crippen molar-refractivity contribution in [2.75, 3.05) is 5.32 Å². The summed E-state index contributed by atoms with van der Waals surface area (Å²) in [6, 6.07) is 11.9. The number of carbonyl (C=O) groups excluding carboxylic acids is 2. The van der Waals surface area contributed by atoms with Gasteiger partial charge in [0.25, 0.3) is 0 Å². The molecule has 3 aromatic rings. The van der Waals surface area contributed by atoms with Gasteiger partial charge in [0.1, 0.15) is 11.5 Å². The van der Waals surface area contributed by atoms with Crippen molar-refractivity contribution in [3.63, 3.8) is 0 Å². The Labute approximate surface area is 191 Å². The van der Waals surface area contributed by atoms with Gasteiger partial charge in [0.15, 0.2) is 5.75 Å². The molecule has 0 spiro atoms. The third-order valence-electron chi connectivity index (χ3n) is 6.70. The fourth-order valence-corrected chi connectivity index (χ4v) is 4.29. The second-order valence-electron chi connectivity index (χ2n) is 9.13. The monoisotopic (exact) mass is 447 g/mol. The minimum absolute atomic E-state index is 0.270. The molecule has 0 radical (unpaired) electrons. The fraction of sp³-hybridized carbons (Fsp3) is 0.346. The molecule has 6 nitrogen and oxygen atoms in total. The minimum Gasteiger partial charge on any atom is -0.419 e. The van der Waals surface area contributed by atoms with Crippen LogP contribution in [-0.4, -0.2) is 21.7 Å². The molecule has 0 atom stereocenters. The zero-order valence-corrected chi connectivity index (χ0v) is 18.7. The Morgan fingerprint density at radius 2 is 1.94 bits per heavy atom. The van der Waals surface area contributed by atoms with E-state index in [2.05, 4.69) is 10.4 Å². The number of aromatic nitrogens is 2. The van der Waals surface area contributed by atoms with E-state index >= 15 is 0 Å². The van der Waals surface area contributed by atoms with E-state index in [1.807, 2.05) is 24.6 Å². The van der Waals surface area contributed by atoms with E-state index < -0.39 is 11.4 Å². The normalized spacial score (nSPS) is 16.7. The quantitative estimate of drug-likeness (QED) is 0.524. The van der Waals surface area contributed by atoms with Crippen molar-refractivity contribution in [2.24, 2.45) is 0 Å². The summed E-state index contributed by atoms with van der Waals surface area (Å²) in [6.45, 7) is 3.63. The third-order valence-corrected chi connectivity index (χ3v) is 6.70. The predicted molar refractivity (Wildman–Crippen MR) is 122 cm³/mol. The lowest BCUT2D eigenvalue weighted by Gasteiger charge is -2.25. The zero-order chi connectivity index (χ0) is 23.2. The largest absolute Gasteiger partial charge is 0.419 e. The number of aryl methyl sites for hydroxylation is 2. The van der Waals surface area contributed by atoms with Crippen molar-refractivity contribution in [3.05, 3.63) is 76.9 Å². The number of nitrogens with one attached hydrogen (secondary N) is 1. The van der Waals surface area contributed by atoms with Gasteiger partial charge in [0.05, 0.1) is 23.2 Å². The molecular weight excluding hydrogens is 421 g/mol. The summed E-state index contributed by atoms with van der Waals surface area (Å²) in [7, 11) is 0. The minimum atomic E-state index is -0.860. The molecule has 1 heterocycles. The van der Waals surface area contributed by atoms with Crippen molar-refractivity contribution in [1.82, 2.24) is 9.78 Å². The topological polar surface area (TPSA) is 73.2 Å². The molecule has 2 fully saturated rings. The summed E-state index contributed by atoms with van der Waals surface area (Å²) in [6.07, 6.45) is 6.31. The van der Waals surface area contributed by atoms with Crippen molar-refractivity contribution in [2.45, 2.75) is 57.4 Å². The van der Waals surface area contributed by atoms with Gasteiger partial charge < -0.3 is 10.1 Å². The first-order valence-corrected chi connectivity index (χ1v) is 11.3. The first-order chi connectivity index (χ1) is 15.9. The Hall–Kier alpha value is -3.48.